The molecule has 0 spiro atoms. The number of para-hydroxylation sites is 1. The zero-order valence-electron chi connectivity index (χ0n) is 29.1. The van der Waals surface area contributed by atoms with Crippen LogP contribution in [0, 0.1) is 0 Å². The number of aliphatic hydroxyl groups excluding tert-OH is 5. The molecule has 14 nitrogen and oxygen atoms in total. The van der Waals surface area contributed by atoms with Crippen molar-refractivity contribution in [3.63, 3.8) is 0 Å². The van der Waals surface area contributed by atoms with Gasteiger partial charge in [0.2, 0.25) is 15.9 Å². The van der Waals surface area contributed by atoms with E-state index in [-0.39, 0.29) is 37.3 Å². The maximum absolute atomic E-state index is 13.7. The third-order valence-corrected chi connectivity index (χ3v) is 12.1. The number of aliphatic hydroxyl groups is 5. The first kappa shape index (κ1) is 39.5. The Morgan fingerprint density at radius 3 is 2.38 bits per heavy atom. The summed E-state index contributed by atoms with van der Waals surface area (Å²) >= 11 is 6.57. The van der Waals surface area contributed by atoms with Crippen LogP contribution in [0.4, 0.5) is 0 Å². The summed E-state index contributed by atoms with van der Waals surface area (Å²) < 4.78 is 47.2. The van der Waals surface area contributed by atoms with Crippen molar-refractivity contribution < 1.29 is 53.0 Å². The minimum atomic E-state index is -3.89. The second kappa shape index (κ2) is 17.1. The molecule has 2 heterocycles. The van der Waals surface area contributed by atoms with Gasteiger partial charge < -0.3 is 45.1 Å². The summed E-state index contributed by atoms with van der Waals surface area (Å²) in [7, 11) is -3.89. The molecule has 1 saturated heterocycles. The summed E-state index contributed by atoms with van der Waals surface area (Å²) in [4.78, 5) is 16.8. The number of halogens is 1. The van der Waals surface area contributed by atoms with E-state index in [1.54, 1.807) is 18.3 Å². The van der Waals surface area contributed by atoms with E-state index in [2.05, 4.69) is 10.3 Å². The number of benzene rings is 2. The molecule has 3 fully saturated rings. The molecule has 3 aliphatic rings. The van der Waals surface area contributed by atoms with E-state index in [1.807, 2.05) is 36.5 Å². The fraction of sp³-hybridized carbons (Fsp3) is 0.514. The third kappa shape index (κ3) is 9.54. The molecule has 53 heavy (non-hydrogen) atoms. The molecule has 1 aliphatic heterocycles. The maximum Gasteiger partial charge on any atom is 0.246 e. The molecule has 288 valence electrons. The summed E-state index contributed by atoms with van der Waals surface area (Å²) in [6.07, 6.45) is 0.891. The predicted octanol–water partition coefficient (Wildman–Crippen LogP) is 1.87. The number of amides is 1. The smallest absolute Gasteiger partial charge is 0.246 e. The normalized spacial score (nSPS) is 20.0. The quantitative estimate of drug-likeness (QED) is 0.110. The first-order valence-electron chi connectivity index (χ1n) is 17.8. The first-order valence-corrected chi connectivity index (χ1v) is 19.6. The molecular formula is C37H46ClN3O11S. The lowest BCUT2D eigenvalue weighted by Gasteiger charge is -2.31. The van der Waals surface area contributed by atoms with Gasteiger partial charge in [0, 0.05) is 48.2 Å². The molecule has 2 saturated carbocycles. The zero-order chi connectivity index (χ0) is 37.8. The Kier molecular flexibility index (Phi) is 12.7. The van der Waals surface area contributed by atoms with Crippen molar-refractivity contribution in [1.29, 1.82) is 0 Å². The van der Waals surface area contributed by atoms with Crippen molar-refractivity contribution in [2.45, 2.75) is 92.3 Å². The Hall–Kier alpha value is -3.22. The minimum Gasteiger partial charge on any atom is -0.490 e. The number of ether oxygens (including phenoxy) is 3. The SMILES string of the molecule is O=C(COC1CCN(S(=O)(=O)c2ccc(Cl)c(COC3(c4cnccc4-c4ccccc4OC4CC4)CC3)c2)CC1)NCC(O)C(O)C(O)C(O)CO. The number of nitrogens with zero attached hydrogens (tertiary/aromatic N) is 2. The zero-order valence-corrected chi connectivity index (χ0v) is 30.7. The highest BCUT2D eigenvalue weighted by atomic mass is 35.5. The van der Waals surface area contributed by atoms with Crippen LogP contribution in [-0.4, -0.2) is 119 Å². The average molecular weight is 776 g/mol. The van der Waals surface area contributed by atoms with Crippen molar-refractivity contribution in [2.75, 3.05) is 32.8 Å². The molecule has 16 heteroatoms. The van der Waals surface area contributed by atoms with Crippen LogP contribution in [0.5, 0.6) is 5.75 Å². The number of rotatable bonds is 18. The summed E-state index contributed by atoms with van der Waals surface area (Å²) in [6.45, 7) is -1.19. The summed E-state index contributed by atoms with van der Waals surface area (Å²) in [5, 5.41) is 50.7. The second-order valence-electron chi connectivity index (χ2n) is 13.8. The molecule has 3 aromatic rings. The monoisotopic (exact) mass is 775 g/mol. The molecule has 4 unspecified atom stereocenters. The molecule has 2 aliphatic carbocycles. The Labute approximate surface area is 313 Å². The Morgan fingerprint density at radius 1 is 0.962 bits per heavy atom. The minimum absolute atomic E-state index is 0.0923. The molecule has 6 N–H and O–H groups in total. The van der Waals surface area contributed by atoms with Crippen LogP contribution >= 0.6 is 11.6 Å². The van der Waals surface area contributed by atoms with E-state index >= 15 is 0 Å². The van der Waals surface area contributed by atoms with Gasteiger partial charge in [-0.3, -0.25) is 9.78 Å². The van der Waals surface area contributed by atoms with E-state index in [9.17, 15) is 33.6 Å². The van der Waals surface area contributed by atoms with Gasteiger partial charge in [-0.05, 0) is 80.0 Å². The fourth-order valence-electron chi connectivity index (χ4n) is 6.33. The topological polar surface area (TPSA) is 208 Å². The molecular weight excluding hydrogens is 730 g/mol. The number of hydrogen-bond donors (Lipinski definition) is 6. The van der Waals surface area contributed by atoms with E-state index in [4.69, 9.17) is 30.9 Å². The number of aromatic nitrogens is 1. The highest BCUT2D eigenvalue weighted by molar-refractivity contribution is 7.89. The fourth-order valence-corrected chi connectivity index (χ4v) is 8.02. The van der Waals surface area contributed by atoms with Crippen LogP contribution in [0.15, 0.2) is 65.8 Å². The molecule has 1 amide bonds. The number of carbonyl (C=O) groups excluding carboxylic acids is 1. The summed E-state index contributed by atoms with van der Waals surface area (Å²) in [5.41, 5.74) is 2.85. The van der Waals surface area contributed by atoms with Gasteiger partial charge in [0.05, 0.1) is 42.0 Å². The van der Waals surface area contributed by atoms with Gasteiger partial charge in [-0.2, -0.15) is 4.31 Å². The molecule has 2 aromatic carbocycles. The number of carbonyl (C=O) groups is 1. The number of hydrogen-bond acceptors (Lipinski definition) is 12. The molecule has 4 atom stereocenters. The second-order valence-corrected chi connectivity index (χ2v) is 16.1. The Morgan fingerprint density at radius 2 is 1.68 bits per heavy atom. The largest absolute Gasteiger partial charge is 0.490 e. The average Bonchev–Trinajstić information content (AvgIpc) is 4.13. The standard InChI is InChI=1S/C37H46ClN3O11S/c38-30-8-7-26(53(48,49)41-15-10-24(11-16-41)50-22-34(45)40-19-31(43)35(46)36(47)32(44)20-42)17-23(30)21-51-37(12-13-37)29-18-39-14-9-27(29)28-3-1-2-4-33(28)52-25-5-6-25/h1-4,7-9,14,17-18,24-25,31-32,35-36,42-44,46-47H,5-6,10-13,15-16,19-22H2,(H,40,45). The molecule has 0 bridgehead atoms. The lowest BCUT2D eigenvalue weighted by molar-refractivity contribution is -0.132. The van der Waals surface area contributed by atoms with E-state index in [0.717, 1.165) is 48.1 Å². The van der Waals surface area contributed by atoms with Gasteiger partial charge in [-0.1, -0.05) is 29.8 Å². The van der Waals surface area contributed by atoms with E-state index < -0.39 is 65.2 Å². The predicted molar refractivity (Wildman–Crippen MR) is 192 cm³/mol. The van der Waals surface area contributed by atoms with Crippen LogP contribution in [0.3, 0.4) is 0 Å². The van der Waals surface area contributed by atoms with Crippen molar-refractivity contribution >= 4 is 27.5 Å². The Balaban J connectivity index is 1.02. The van der Waals surface area contributed by atoms with Crippen LogP contribution in [0.25, 0.3) is 11.1 Å². The van der Waals surface area contributed by atoms with Gasteiger partial charge in [-0.25, -0.2) is 8.42 Å². The van der Waals surface area contributed by atoms with E-state index in [0.29, 0.717) is 23.4 Å². The van der Waals surface area contributed by atoms with Gasteiger partial charge in [0.15, 0.2) is 0 Å². The van der Waals surface area contributed by atoms with Crippen molar-refractivity contribution in [2.24, 2.45) is 0 Å². The van der Waals surface area contributed by atoms with Crippen molar-refractivity contribution in [3.05, 3.63) is 77.1 Å². The van der Waals surface area contributed by atoms with Crippen molar-refractivity contribution in [3.8, 4) is 16.9 Å². The lowest BCUT2D eigenvalue weighted by atomic mass is 9.96. The molecule has 1 aromatic heterocycles. The number of piperidine rings is 1. The number of pyridine rings is 1. The van der Waals surface area contributed by atoms with Gasteiger partial charge in [0.1, 0.15) is 30.7 Å². The van der Waals surface area contributed by atoms with Gasteiger partial charge in [0.25, 0.3) is 0 Å². The summed E-state index contributed by atoms with van der Waals surface area (Å²) in [6, 6.07) is 14.5. The number of nitrogens with one attached hydrogen (secondary N) is 1. The van der Waals surface area contributed by atoms with Crippen LogP contribution < -0.4 is 10.1 Å². The Bertz CT molecular complexity index is 1830. The third-order valence-electron chi connectivity index (χ3n) is 9.86. The highest BCUT2D eigenvalue weighted by Crippen LogP contribution is 2.53. The first-order chi connectivity index (χ1) is 25.4. The van der Waals surface area contributed by atoms with Crippen LogP contribution in [0.1, 0.15) is 49.7 Å². The lowest BCUT2D eigenvalue weighted by Crippen LogP contribution is -2.50. The molecule has 6 rings (SSSR count). The number of sulfonamides is 1. The van der Waals surface area contributed by atoms with Gasteiger partial charge >= 0.3 is 0 Å². The van der Waals surface area contributed by atoms with Crippen LogP contribution in [0.2, 0.25) is 5.02 Å². The summed E-state index contributed by atoms with van der Waals surface area (Å²) in [5.74, 6) is 0.226. The van der Waals surface area contributed by atoms with Gasteiger partial charge in [-0.15, -0.1) is 0 Å². The highest BCUT2D eigenvalue weighted by Gasteiger charge is 2.48. The van der Waals surface area contributed by atoms with Crippen LogP contribution in [-0.2, 0) is 36.5 Å². The maximum atomic E-state index is 13.7. The van der Waals surface area contributed by atoms with Crippen molar-refractivity contribution in [1.82, 2.24) is 14.6 Å². The molecule has 0 radical (unpaired) electrons. The van der Waals surface area contributed by atoms with E-state index in [1.165, 1.54) is 10.4 Å².